The molecule has 0 unspecified atom stereocenters. The number of nitrogens with one attached hydrogen (secondary N) is 1. The molecule has 1 N–H and O–H groups in total. The molecule has 3 aromatic heterocycles. The number of carbonyl (C=O) groups is 1. The van der Waals surface area contributed by atoms with E-state index in [1.54, 1.807) is 11.2 Å². The highest BCUT2D eigenvalue weighted by atomic mass is 35.5. The van der Waals surface area contributed by atoms with Gasteiger partial charge in [-0.2, -0.15) is 0 Å². The fourth-order valence-electron chi connectivity index (χ4n) is 4.89. The van der Waals surface area contributed by atoms with Crippen LogP contribution in [0.5, 0.6) is 0 Å². The number of H-pyrrole nitrogens is 1. The molecule has 1 saturated heterocycles. The van der Waals surface area contributed by atoms with Crippen LogP contribution in [0.3, 0.4) is 0 Å². The molecule has 5 rings (SSSR count). The van der Waals surface area contributed by atoms with Gasteiger partial charge in [-0.3, -0.25) is 0 Å². The Morgan fingerprint density at radius 2 is 2.10 bits per heavy atom. The lowest BCUT2D eigenvalue weighted by atomic mass is 9.87. The number of likely N-dealkylation sites (tertiary alicyclic amines) is 1. The number of ether oxygens (including phenoxy) is 1. The Kier molecular flexibility index (Phi) is 5.17. The highest BCUT2D eigenvalue weighted by molar-refractivity contribution is 6.30. The standard InChI is InChI=1S/C22H25ClN6O2/c1-13-9-17-16(11-29(13)18-10-19(23)27-21-15(18)3-6-24-21)20(26-12-25-17)14-4-7-28(8-5-14)22(30)31-2/h3,6,10,12-14H,4-5,7-9,11H2,1-2H3,(H,24,27)/t13-/m1/s1. The highest BCUT2D eigenvalue weighted by Gasteiger charge is 2.32. The van der Waals surface area contributed by atoms with Crippen LogP contribution in [0.2, 0.25) is 5.15 Å². The van der Waals surface area contributed by atoms with Gasteiger partial charge in [-0.25, -0.2) is 19.7 Å². The number of nitrogens with zero attached hydrogens (tertiary/aromatic N) is 5. The fourth-order valence-corrected chi connectivity index (χ4v) is 5.08. The van der Waals surface area contributed by atoms with Gasteiger partial charge in [-0.05, 0) is 31.9 Å². The molecule has 0 saturated carbocycles. The molecular weight excluding hydrogens is 416 g/mol. The van der Waals surface area contributed by atoms with Crippen molar-refractivity contribution in [3.05, 3.63) is 46.8 Å². The Bertz CT molecular complexity index is 1120. The molecule has 0 aliphatic carbocycles. The average Bonchev–Trinajstić information content (AvgIpc) is 3.25. The minimum atomic E-state index is -0.256. The zero-order chi connectivity index (χ0) is 21.5. The van der Waals surface area contributed by atoms with E-state index in [1.807, 2.05) is 18.3 Å². The Hall–Kier alpha value is -2.87. The molecule has 0 bridgehead atoms. The molecule has 2 aliphatic heterocycles. The quantitative estimate of drug-likeness (QED) is 0.608. The van der Waals surface area contributed by atoms with Gasteiger partial charge in [0.25, 0.3) is 0 Å². The number of piperidine rings is 1. The summed E-state index contributed by atoms with van der Waals surface area (Å²) in [6.45, 7) is 4.30. The third-order valence-electron chi connectivity index (χ3n) is 6.52. The maximum Gasteiger partial charge on any atom is 0.409 e. The van der Waals surface area contributed by atoms with Crippen molar-refractivity contribution in [1.82, 2.24) is 24.8 Å². The number of methoxy groups -OCH3 is 1. The molecule has 1 fully saturated rings. The van der Waals surface area contributed by atoms with Gasteiger partial charge in [-0.15, -0.1) is 0 Å². The van der Waals surface area contributed by atoms with Gasteiger partial charge in [0.15, 0.2) is 0 Å². The first kappa shape index (κ1) is 20.1. The van der Waals surface area contributed by atoms with E-state index < -0.39 is 0 Å². The van der Waals surface area contributed by atoms with Gasteiger partial charge >= 0.3 is 6.09 Å². The Morgan fingerprint density at radius 1 is 1.29 bits per heavy atom. The molecule has 0 aromatic carbocycles. The van der Waals surface area contributed by atoms with Crippen molar-refractivity contribution in [1.29, 1.82) is 0 Å². The molecule has 9 heteroatoms. The number of aromatic nitrogens is 4. The maximum atomic E-state index is 11.8. The Morgan fingerprint density at radius 3 is 2.87 bits per heavy atom. The normalized spacial score (nSPS) is 19.5. The predicted octanol–water partition coefficient (Wildman–Crippen LogP) is 3.90. The largest absolute Gasteiger partial charge is 0.453 e. The van der Waals surface area contributed by atoms with Crippen LogP contribution < -0.4 is 4.90 Å². The third-order valence-corrected chi connectivity index (χ3v) is 6.71. The van der Waals surface area contributed by atoms with E-state index in [2.05, 4.69) is 26.8 Å². The van der Waals surface area contributed by atoms with Gasteiger partial charge in [0.1, 0.15) is 17.1 Å². The second-order valence-corrected chi connectivity index (χ2v) is 8.69. The summed E-state index contributed by atoms with van der Waals surface area (Å²) in [6, 6.07) is 4.26. The lowest BCUT2D eigenvalue weighted by Crippen LogP contribution is -2.41. The first-order valence-electron chi connectivity index (χ1n) is 10.6. The molecule has 0 radical (unpaired) electrons. The van der Waals surface area contributed by atoms with Gasteiger partial charge < -0.3 is 19.5 Å². The number of aromatic amines is 1. The predicted molar refractivity (Wildman–Crippen MR) is 118 cm³/mol. The number of pyridine rings is 1. The summed E-state index contributed by atoms with van der Waals surface area (Å²) in [5, 5.41) is 1.53. The van der Waals surface area contributed by atoms with E-state index in [1.165, 1.54) is 12.7 Å². The van der Waals surface area contributed by atoms with Crippen LogP contribution in [0.15, 0.2) is 24.7 Å². The van der Waals surface area contributed by atoms with Crippen LogP contribution in [-0.2, 0) is 17.7 Å². The van der Waals surface area contributed by atoms with Crippen molar-refractivity contribution in [3.63, 3.8) is 0 Å². The number of hydrogen-bond acceptors (Lipinski definition) is 6. The van der Waals surface area contributed by atoms with Crippen LogP contribution in [0.1, 0.15) is 42.6 Å². The van der Waals surface area contributed by atoms with Gasteiger partial charge in [-0.1, -0.05) is 11.6 Å². The van der Waals surface area contributed by atoms with Crippen molar-refractivity contribution in [2.75, 3.05) is 25.1 Å². The summed E-state index contributed by atoms with van der Waals surface area (Å²) in [7, 11) is 1.43. The second-order valence-electron chi connectivity index (χ2n) is 8.30. The maximum absolute atomic E-state index is 11.8. The van der Waals surface area contributed by atoms with Crippen LogP contribution in [0, 0.1) is 0 Å². The van der Waals surface area contributed by atoms with Gasteiger partial charge in [0, 0.05) is 55.2 Å². The molecule has 3 aromatic rings. The zero-order valence-electron chi connectivity index (χ0n) is 17.6. The van der Waals surface area contributed by atoms with Crippen molar-refractivity contribution in [2.24, 2.45) is 0 Å². The first-order valence-corrected chi connectivity index (χ1v) is 11.0. The van der Waals surface area contributed by atoms with Crippen LogP contribution >= 0.6 is 11.6 Å². The van der Waals surface area contributed by atoms with Crippen LogP contribution in [-0.4, -0.2) is 57.2 Å². The van der Waals surface area contributed by atoms with Crippen LogP contribution in [0.4, 0.5) is 10.5 Å². The van der Waals surface area contributed by atoms with E-state index in [4.69, 9.17) is 21.3 Å². The van der Waals surface area contributed by atoms with Crippen molar-refractivity contribution >= 4 is 34.4 Å². The first-order chi connectivity index (χ1) is 15.0. The lowest BCUT2D eigenvalue weighted by Gasteiger charge is -2.38. The van der Waals surface area contributed by atoms with Gasteiger partial charge in [0.2, 0.25) is 0 Å². The summed E-state index contributed by atoms with van der Waals surface area (Å²) in [6.07, 6.45) is 5.92. The second kappa shape index (κ2) is 8.00. The number of amides is 1. The monoisotopic (exact) mass is 440 g/mol. The van der Waals surface area contributed by atoms with Gasteiger partial charge in [0.05, 0.1) is 24.2 Å². The molecule has 1 atom stereocenters. The smallest absolute Gasteiger partial charge is 0.409 e. The van der Waals surface area contributed by atoms with E-state index in [0.717, 1.165) is 53.9 Å². The van der Waals surface area contributed by atoms with Crippen LogP contribution in [0.25, 0.3) is 11.0 Å². The molecule has 0 spiro atoms. The van der Waals surface area contributed by atoms with E-state index in [9.17, 15) is 4.79 Å². The molecule has 162 valence electrons. The highest BCUT2D eigenvalue weighted by Crippen LogP contribution is 2.37. The topological polar surface area (TPSA) is 87.2 Å². The molecule has 5 heterocycles. The number of anilines is 1. The third kappa shape index (κ3) is 3.59. The lowest BCUT2D eigenvalue weighted by molar-refractivity contribution is 0.112. The summed E-state index contributed by atoms with van der Waals surface area (Å²) < 4.78 is 4.87. The fraction of sp³-hybridized carbons (Fsp3) is 0.455. The zero-order valence-corrected chi connectivity index (χ0v) is 18.4. The summed E-state index contributed by atoms with van der Waals surface area (Å²) in [4.78, 5) is 32.9. The number of halogens is 1. The Labute approximate surface area is 185 Å². The van der Waals surface area contributed by atoms with Crippen molar-refractivity contribution in [3.8, 4) is 0 Å². The summed E-state index contributed by atoms with van der Waals surface area (Å²) in [5.74, 6) is 0.307. The minimum absolute atomic E-state index is 0.256. The SMILES string of the molecule is COC(=O)N1CCC(c2ncnc3c2CN(c2cc(Cl)nc4[nH]ccc24)[C@H](C)C3)CC1. The number of rotatable bonds is 2. The number of carbonyl (C=O) groups excluding carboxylic acids is 1. The molecule has 1 amide bonds. The molecular formula is C22H25ClN6O2. The summed E-state index contributed by atoms with van der Waals surface area (Å²) in [5.41, 5.74) is 5.30. The van der Waals surface area contributed by atoms with Crippen molar-refractivity contribution in [2.45, 2.75) is 44.7 Å². The van der Waals surface area contributed by atoms with E-state index >= 15 is 0 Å². The van der Waals surface area contributed by atoms with E-state index in [0.29, 0.717) is 24.2 Å². The van der Waals surface area contributed by atoms with Crippen molar-refractivity contribution < 1.29 is 9.53 Å². The number of hydrogen-bond donors (Lipinski definition) is 1. The molecule has 2 aliphatic rings. The number of fused-ring (bicyclic) bond motifs is 2. The minimum Gasteiger partial charge on any atom is -0.453 e. The summed E-state index contributed by atoms with van der Waals surface area (Å²) >= 11 is 6.33. The Balaban J connectivity index is 1.46. The van der Waals surface area contributed by atoms with E-state index in [-0.39, 0.29) is 12.1 Å². The average molecular weight is 441 g/mol. The molecule has 31 heavy (non-hydrogen) atoms. The molecule has 8 nitrogen and oxygen atoms in total.